The molecule has 0 heterocycles. The maximum Gasteiger partial charge on any atom is 0.416 e. The Morgan fingerprint density at radius 1 is 1.00 bits per heavy atom. The molecule has 0 saturated heterocycles. The highest BCUT2D eigenvalue weighted by Crippen LogP contribution is 2.37. The molecule has 0 aliphatic heterocycles. The molecule has 0 N–H and O–H groups in total. The molecule has 0 aliphatic rings. The molecule has 0 aromatic heterocycles. The monoisotopic (exact) mass is 299 g/mol. The molecule has 7 heteroatoms. The minimum Gasteiger partial charge on any atom is -0.258 e. The van der Waals surface area contributed by atoms with E-state index in [2.05, 4.69) is 0 Å². The third-order valence-electron chi connectivity index (χ3n) is 2.41. The third-order valence-corrected chi connectivity index (χ3v) is 3.39. The fourth-order valence-corrected chi connectivity index (χ4v) is 2.47. The van der Waals surface area contributed by atoms with Crippen LogP contribution in [0.4, 0.5) is 18.9 Å². The van der Waals surface area contributed by atoms with Gasteiger partial charge in [0.2, 0.25) is 0 Å². The Morgan fingerprint density at radius 3 is 2.20 bits per heavy atom. The highest BCUT2D eigenvalue weighted by atomic mass is 32.2. The zero-order valence-corrected chi connectivity index (χ0v) is 10.7. The van der Waals surface area contributed by atoms with E-state index in [0.29, 0.717) is 11.0 Å². The molecule has 0 fully saturated rings. The van der Waals surface area contributed by atoms with Gasteiger partial charge in [-0.05, 0) is 18.2 Å². The number of rotatable bonds is 3. The minimum atomic E-state index is -4.61. The number of hydrogen-bond donors (Lipinski definition) is 0. The van der Waals surface area contributed by atoms with Crippen LogP contribution in [0, 0.1) is 10.1 Å². The van der Waals surface area contributed by atoms with Crippen LogP contribution in [0.5, 0.6) is 0 Å². The largest absolute Gasteiger partial charge is 0.416 e. The third kappa shape index (κ3) is 3.51. The summed E-state index contributed by atoms with van der Waals surface area (Å²) in [5.41, 5.74) is -1.59. The van der Waals surface area contributed by atoms with Crippen molar-refractivity contribution < 1.29 is 18.1 Å². The van der Waals surface area contributed by atoms with Crippen LogP contribution in [0.3, 0.4) is 0 Å². The van der Waals surface area contributed by atoms with Crippen LogP contribution in [0.15, 0.2) is 58.3 Å². The molecule has 0 amide bonds. The Bertz CT molecular complexity index is 629. The molecule has 2 aromatic rings. The van der Waals surface area contributed by atoms with Gasteiger partial charge in [0, 0.05) is 21.9 Å². The maximum atomic E-state index is 12.7. The molecule has 104 valence electrons. The summed E-state index contributed by atoms with van der Waals surface area (Å²) < 4.78 is 38.2. The van der Waals surface area contributed by atoms with E-state index < -0.39 is 22.4 Å². The van der Waals surface area contributed by atoms with Crippen molar-refractivity contribution in [2.24, 2.45) is 0 Å². The first-order valence-corrected chi connectivity index (χ1v) is 6.27. The molecule has 0 unspecified atom stereocenters. The molecule has 2 aromatic carbocycles. The van der Waals surface area contributed by atoms with E-state index in [9.17, 15) is 23.3 Å². The van der Waals surface area contributed by atoms with Crippen molar-refractivity contribution in [1.82, 2.24) is 0 Å². The normalized spacial score (nSPS) is 11.3. The SMILES string of the molecule is O=[N+]([O-])c1cc(Sc2ccccc2)cc(C(F)(F)F)c1. The van der Waals surface area contributed by atoms with Crippen molar-refractivity contribution in [3.05, 3.63) is 64.2 Å². The van der Waals surface area contributed by atoms with Crippen LogP contribution in [-0.2, 0) is 6.18 Å². The molecular formula is C13H8F3NO2S. The highest BCUT2D eigenvalue weighted by Gasteiger charge is 2.32. The lowest BCUT2D eigenvalue weighted by Crippen LogP contribution is -2.05. The summed E-state index contributed by atoms with van der Waals surface area (Å²) in [6, 6.07) is 11.3. The van der Waals surface area contributed by atoms with Gasteiger partial charge in [0.25, 0.3) is 5.69 Å². The average molecular weight is 299 g/mol. The molecule has 0 bridgehead atoms. The van der Waals surface area contributed by atoms with Crippen molar-refractivity contribution in [3.63, 3.8) is 0 Å². The first-order chi connectivity index (χ1) is 9.36. The second-order valence-electron chi connectivity index (χ2n) is 3.89. The number of hydrogen-bond acceptors (Lipinski definition) is 3. The summed E-state index contributed by atoms with van der Waals surface area (Å²) in [4.78, 5) is 10.8. The van der Waals surface area contributed by atoms with E-state index in [1.807, 2.05) is 0 Å². The first-order valence-electron chi connectivity index (χ1n) is 5.46. The summed E-state index contributed by atoms with van der Waals surface area (Å²) in [6.07, 6.45) is -4.61. The van der Waals surface area contributed by atoms with Crippen molar-refractivity contribution >= 4 is 17.4 Å². The van der Waals surface area contributed by atoms with Gasteiger partial charge in [-0.1, -0.05) is 30.0 Å². The van der Waals surface area contributed by atoms with Crippen molar-refractivity contribution in [1.29, 1.82) is 0 Å². The van der Waals surface area contributed by atoms with Crippen molar-refractivity contribution in [2.45, 2.75) is 16.0 Å². The van der Waals surface area contributed by atoms with Crippen LogP contribution in [-0.4, -0.2) is 4.92 Å². The van der Waals surface area contributed by atoms with E-state index in [1.54, 1.807) is 30.3 Å². The fraction of sp³-hybridized carbons (Fsp3) is 0.0769. The van der Waals surface area contributed by atoms with Gasteiger partial charge in [-0.25, -0.2) is 0 Å². The van der Waals surface area contributed by atoms with Crippen molar-refractivity contribution in [2.75, 3.05) is 0 Å². The predicted octanol–water partition coefficient (Wildman–Crippen LogP) is 4.76. The van der Waals surface area contributed by atoms with Gasteiger partial charge >= 0.3 is 6.18 Å². The number of alkyl halides is 3. The lowest BCUT2D eigenvalue weighted by atomic mass is 10.2. The van der Waals surface area contributed by atoms with Crippen LogP contribution in [0.1, 0.15) is 5.56 Å². The van der Waals surface area contributed by atoms with E-state index in [1.165, 1.54) is 0 Å². The summed E-state index contributed by atoms with van der Waals surface area (Å²) in [5.74, 6) is 0. The van der Waals surface area contributed by atoms with Gasteiger partial charge in [0.15, 0.2) is 0 Å². The highest BCUT2D eigenvalue weighted by molar-refractivity contribution is 7.99. The topological polar surface area (TPSA) is 43.1 Å². The van der Waals surface area contributed by atoms with E-state index in [-0.39, 0.29) is 4.90 Å². The summed E-state index contributed by atoms with van der Waals surface area (Å²) >= 11 is 1.04. The Kier molecular flexibility index (Phi) is 3.99. The zero-order valence-electron chi connectivity index (χ0n) is 9.92. The number of nitro benzene ring substituents is 1. The fourth-order valence-electron chi connectivity index (χ4n) is 1.54. The van der Waals surface area contributed by atoms with Crippen molar-refractivity contribution in [3.8, 4) is 0 Å². The quantitative estimate of drug-likeness (QED) is 0.606. The summed E-state index contributed by atoms with van der Waals surface area (Å²) in [6.45, 7) is 0. The molecule has 0 spiro atoms. The van der Waals surface area contributed by atoms with Gasteiger partial charge < -0.3 is 0 Å². The Hall–Kier alpha value is -2.02. The molecule has 0 atom stereocenters. The van der Waals surface area contributed by atoms with E-state index in [4.69, 9.17) is 0 Å². The molecule has 0 saturated carbocycles. The summed E-state index contributed by atoms with van der Waals surface area (Å²) in [5, 5.41) is 10.7. The van der Waals surface area contributed by atoms with Gasteiger partial charge in [-0.2, -0.15) is 13.2 Å². The van der Waals surface area contributed by atoms with Crippen LogP contribution >= 0.6 is 11.8 Å². The number of benzene rings is 2. The number of halogens is 3. The van der Waals surface area contributed by atoms with Gasteiger partial charge in [0.05, 0.1) is 10.5 Å². The maximum absolute atomic E-state index is 12.7. The predicted molar refractivity (Wildman–Crippen MR) is 68.7 cm³/mol. The summed E-state index contributed by atoms with van der Waals surface area (Å²) in [7, 11) is 0. The second-order valence-corrected chi connectivity index (χ2v) is 5.03. The number of nitro groups is 1. The lowest BCUT2D eigenvalue weighted by Gasteiger charge is -2.09. The first kappa shape index (κ1) is 14.4. The van der Waals surface area contributed by atoms with E-state index in [0.717, 1.165) is 23.9 Å². The number of nitrogens with zero attached hydrogens (tertiary/aromatic N) is 1. The van der Waals surface area contributed by atoms with Gasteiger partial charge in [-0.15, -0.1) is 0 Å². The Morgan fingerprint density at radius 2 is 1.65 bits per heavy atom. The van der Waals surface area contributed by atoms with E-state index >= 15 is 0 Å². The molecule has 2 rings (SSSR count). The van der Waals surface area contributed by atoms with Crippen LogP contribution in [0.2, 0.25) is 0 Å². The zero-order chi connectivity index (χ0) is 14.8. The Labute approximate surface area is 116 Å². The van der Waals surface area contributed by atoms with Crippen LogP contribution < -0.4 is 0 Å². The van der Waals surface area contributed by atoms with Gasteiger partial charge in [-0.3, -0.25) is 10.1 Å². The second kappa shape index (κ2) is 5.54. The standard InChI is InChI=1S/C13H8F3NO2S/c14-13(15,16)9-6-10(17(18)19)8-12(7-9)20-11-4-2-1-3-5-11/h1-8H. The molecular weight excluding hydrogens is 291 g/mol. The average Bonchev–Trinajstić information content (AvgIpc) is 2.38. The van der Waals surface area contributed by atoms with Gasteiger partial charge in [0.1, 0.15) is 0 Å². The lowest BCUT2D eigenvalue weighted by molar-refractivity contribution is -0.385. The smallest absolute Gasteiger partial charge is 0.258 e. The molecule has 0 aliphatic carbocycles. The molecule has 20 heavy (non-hydrogen) atoms. The minimum absolute atomic E-state index is 0.178. The molecule has 3 nitrogen and oxygen atoms in total. The Balaban J connectivity index is 2.42. The number of non-ortho nitro benzene ring substituents is 1. The molecule has 0 radical (unpaired) electrons. The van der Waals surface area contributed by atoms with Crippen LogP contribution in [0.25, 0.3) is 0 Å².